The van der Waals surface area contributed by atoms with E-state index in [2.05, 4.69) is 25.5 Å². The van der Waals surface area contributed by atoms with E-state index in [1.54, 1.807) is 25.5 Å². The Morgan fingerprint density at radius 3 is 2.88 bits per heavy atom. The van der Waals surface area contributed by atoms with Gasteiger partial charge in [0.2, 0.25) is 5.95 Å². The van der Waals surface area contributed by atoms with Crippen molar-refractivity contribution in [3.05, 3.63) is 52.2 Å². The normalized spacial score (nSPS) is 10.6. The van der Waals surface area contributed by atoms with Crippen LogP contribution in [0.1, 0.15) is 11.3 Å². The van der Waals surface area contributed by atoms with Crippen LogP contribution in [0.15, 0.2) is 40.5 Å². The molecule has 2 N–H and O–H groups in total. The van der Waals surface area contributed by atoms with Gasteiger partial charge in [0.15, 0.2) is 0 Å². The fourth-order valence-corrected chi connectivity index (χ4v) is 1.25. The Hall–Kier alpha value is -2.50. The van der Waals surface area contributed by atoms with E-state index in [1.165, 1.54) is 6.07 Å². The Kier molecular flexibility index (Phi) is 3.25. The lowest BCUT2D eigenvalue weighted by molar-refractivity contribution is 1.04. The number of hydrazone groups is 1. The monoisotopic (exact) mass is 229 g/mol. The zero-order valence-electron chi connectivity index (χ0n) is 9.21. The number of pyridine rings is 1. The van der Waals surface area contributed by atoms with Crippen LogP contribution in [0.3, 0.4) is 0 Å². The van der Waals surface area contributed by atoms with Crippen molar-refractivity contribution in [2.75, 3.05) is 5.43 Å². The lowest BCUT2D eigenvalue weighted by Gasteiger charge is -1.99. The van der Waals surface area contributed by atoms with Crippen LogP contribution >= 0.6 is 0 Å². The number of anilines is 1. The van der Waals surface area contributed by atoms with Gasteiger partial charge in [0.1, 0.15) is 0 Å². The van der Waals surface area contributed by atoms with Gasteiger partial charge in [0, 0.05) is 24.2 Å². The van der Waals surface area contributed by atoms with E-state index in [-0.39, 0.29) is 5.56 Å². The molecule has 0 atom stereocenters. The highest BCUT2D eigenvalue weighted by molar-refractivity contribution is 5.79. The first kappa shape index (κ1) is 11.0. The van der Waals surface area contributed by atoms with E-state index in [0.717, 1.165) is 5.56 Å². The van der Waals surface area contributed by atoms with Crippen LogP contribution in [0.5, 0.6) is 0 Å². The topological polar surface area (TPSA) is 83.0 Å². The van der Waals surface area contributed by atoms with Crippen molar-refractivity contribution >= 4 is 12.2 Å². The Labute approximate surface area is 97.5 Å². The molecule has 0 aromatic carbocycles. The van der Waals surface area contributed by atoms with Crippen molar-refractivity contribution in [3.8, 4) is 0 Å². The standard InChI is InChI=1S/C11H11N5O/c1-8-6-10(17)15-11(14-8)16-13-7-9-2-4-12-5-3-9/h2-7H,1H3,(H2,14,15,16,17)/b13-7-. The van der Waals surface area contributed by atoms with E-state index in [9.17, 15) is 4.79 Å². The molecule has 0 saturated carbocycles. The maximum absolute atomic E-state index is 11.1. The third-order valence-electron chi connectivity index (χ3n) is 1.96. The van der Waals surface area contributed by atoms with E-state index in [1.807, 2.05) is 12.1 Å². The summed E-state index contributed by atoms with van der Waals surface area (Å²) in [6.07, 6.45) is 4.96. The largest absolute Gasteiger partial charge is 0.291 e. The van der Waals surface area contributed by atoms with E-state index in [0.29, 0.717) is 11.6 Å². The molecule has 2 heterocycles. The van der Waals surface area contributed by atoms with Crippen molar-refractivity contribution in [1.29, 1.82) is 0 Å². The van der Waals surface area contributed by atoms with Crippen LogP contribution in [-0.2, 0) is 0 Å². The third-order valence-corrected chi connectivity index (χ3v) is 1.96. The van der Waals surface area contributed by atoms with Crippen LogP contribution in [0.2, 0.25) is 0 Å². The molecule has 6 heteroatoms. The third kappa shape index (κ3) is 3.23. The summed E-state index contributed by atoms with van der Waals surface area (Å²) in [6.45, 7) is 1.74. The van der Waals surface area contributed by atoms with Crippen molar-refractivity contribution in [2.45, 2.75) is 6.92 Å². The molecule has 0 unspecified atom stereocenters. The van der Waals surface area contributed by atoms with Crippen molar-refractivity contribution in [3.63, 3.8) is 0 Å². The van der Waals surface area contributed by atoms with Gasteiger partial charge < -0.3 is 0 Å². The number of aromatic amines is 1. The molecule has 2 rings (SSSR count). The number of aromatic nitrogens is 3. The van der Waals surface area contributed by atoms with Gasteiger partial charge in [-0.1, -0.05) is 0 Å². The van der Waals surface area contributed by atoms with E-state index in [4.69, 9.17) is 0 Å². The highest BCUT2D eigenvalue weighted by Crippen LogP contribution is 1.96. The summed E-state index contributed by atoms with van der Waals surface area (Å²) in [5, 5.41) is 3.96. The predicted octanol–water partition coefficient (Wildman–Crippen LogP) is 0.919. The summed E-state index contributed by atoms with van der Waals surface area (Å²) >= 11 is 0. The number of nitrogens with one attached hydrogen (secondary N) is 2. The van der Waals surface area contributed by atoms with Gasteiger partial charge in [-0.3, -0.25) is 14.8 Å². The molecule has 0 spiro atoms. The van der Waals surface area contributed by atoms with Crippen LogP contribution in [0, 0.1) is 6.92 Å². The molecule has 86 valence electrons. The van der Waals surface area contributed by atoms with Crippen LogP contribution in [-0.4, -0.2) is 21.2 Å². The van der Waals surface area contributed by atoms with Crippen LogP contribution in [0.4, 0.5) is 5.95 Å². The van der Waals surface area contributed by atoms with Crippen molar-refractivity contribution in [2.24, 2.45) is 5.10 Å². The average Bonchev–Trinajstić information content (AvgIpc) is 2.29. The SMILES string of the molecule is Cc1cc(=O)[nH]c(N/N=C\c2ccncc2)n1. The second-order valence-corrected chi connectivity index (χ2v) is 3.39. The number of hydrogen-bond acceptors (Lipinski definition) is 5. The zero-order chi connectivity index (χ0) is 12.1. The molecule has 0 fully saturated rings. The first-order valence-corrected chi connectivity index (χ1v) is 5.01. The number of H-pyrrole nitrogens is 1. The lowest BCUT2D eigenvalue weighted by atomic mass is 10.3. The van der Waals surface area contributed by atoms with E-state index < -0.39 is 0 Å². The van der Waals surface area contributed by atoms with Gasteiger partial charge in [-0.2, -0.15) is 5.10 Å². The molecule has 17 heavy (non-hydrogen) atoms. The number of aryl methyl sites for hydroxylation is 1. The minimum Gasteiger partial charge on any atom is -0.291 e. The maximum atomic E-state index is 11.1. The minimum atomic E-state index is -0.209. The maximum Gasteiger partial charge on any atom is 0.252 e. The zero-order valence-corrected chi connectivity index (χ0v) is 9.21. The van der Waals surface area contributed by atoms with Gasteiger partial charge in [-0.15, -0.1) is 0 Å². The molecule has 0 aliphatic rings. The molecule has 0 radical (unpaired) electrons. The molecule has 0 bridgehead atoms. The Morgan fingerprint density at radius 1 is 1.41 bits per heavy atom. The highest BCUT2D eigenvalue weighted by atomic mass is 16.1. The Bertz CT molecular complexity index is 576. The van der Waals surface area contributed by atoms with Crippen molar-refractivity contribution < 1.29 is 0 Å². The summed E-state index contributed by atoms with van der Waals surface area (Å²) in [4.78, 5) is 21.6. The van der Waals surface area contributed by atoms with Gasteiger partial charge in [0.25, 0.3) is 5.56 Å². The molecule has 2 aromatic heterocycles. The fourth-order valence-electron chi connectivity index (χ4n) is 1.25. The second kappa shape index (κ2) is 5.02. The molecule has 0 saturated heterocycles. The quantitative estimate of drug-likeness (QED) is 0.605. The smallest absolute Gasteiger partial charge is 0.252 e. The van der Waals surface area contributed by atoms with Crippen LogP contribution in [0.25, 0.3) is 0 Å². The summed E-state index contributed by atoms with van der Waals surface area (Å²) < 4.78 is 0. The second-order valence-electron chi connectivity index (χ2n) is 3.39. The summed E-state index contributed by atoms with van der Waals surface area (Å²) in [6, 6.07) is 5.05. The molecule has 0 aliphatic heterocycles. The van der Waals surface area contributed by atoms with Gasteiger partial charge in [-0.25, -0.2) is 10.4 Å². The highest BCUT2D eigenvalue weighted by Gasteiger charge is 1.94. The predicted molar refractivity (Wildman–Crippen MR) is 65.0 cm³/mol. The summed E-state index contributed by atoms with van der Waals surface area (Å²) in [5.41, 5.74) is 3.99. The van der Waals surface area contributed by atoms with Crippen LogP contribution < -0.4 is 11.0 Å². The Balaban J connectivity index is 2.07. The fraction of sp³-hybridized carbons (Fsp3) is 0.0909. The first-order valence-electron chi connectivity index (χ1n) is 5.01. The summed E-state index contributed by atoms with van der Waals surface area (Å²) in [5.74, 6) is 0.320. The number of hydrogen-bond donors (Lipinski definition) is 2. The van der Waals surface area contributed by atoms with Gasteiger partial charge in [0.05, 0.1) is 6.21 Å². The summed E-state index contributed by atoms with van der Waals surface area (Å²) in [7, 11) is 0. The van der Waals surface area contributed by atoms with Gasteiger partial charge >= 0.3 is 0 Å². The molecular weight excluding hydrogens is 218 g/mol. The molecule has 0 amide bonds. The molecule has 0 aliphatic carbocycles. The van der Waals surface area contributed by atoms with Crippen molar-refractivity contribution in [1.82, 2.24) is 15.0 Å². The van der Waals surface area contributed by atoms with Gasteiger partial charge in [-0.05, 0) is 24.6 Å². The minimum absolute atomic E-state index is 0.209. The average molecular weight is 229 g/mol. The first-order chi connectivity index (χ1) is 8.24. The lowest BCUT2D eigenvalue weighted by Crippen LogP contribution is -2.10. The number of nitrogens with zero attached hydrogens (tertiary/aromatic N) is 3. The molecular formula is C11H11N5O. The Morgan fingerprint density at radius 2 is 2.18 bits per heavy atom. The molecule has 6 nitrogen and oxygen atoms in total. The number of rotatable bonds is 3. The molecule has 2 aromatic rings. The van der Waals surface area contributed by atoms with E-state index >= 15 is 0 Å².